The molecule has 1 amide bonds. The Balaban J connectivity index is 2.91. The van der Waals surface area contributed by atoms with Crippen LogP contribution in [0.25, 0.3) is 0 Å². The molecule has 1 N–H and O–H groups in total. The molecule has 0 spiro atoms. The summed E-state index contributed by atoms with van der Waals surface area (Å²) in [6.07, 6.45) is 0. The van der Waals surface area contributed by atoms with Crippen molar-refractivity contribution in [2.75, 3.05) is 0 Å². The Kier molecular flexibility index (Phi) is 8.14. The fraction of sp³-hybridized carbons (Fsp3) is 0.684. The minimum atomic E-state index is -1.09. The molecule has 0 aliphatic heterocycles. The second-order valence-electron chi connectivity index (χ2n) is 8.31. The molecule has 1 atom stereocenters. The lowest BCUT2D eigenvalue weighted by Gasteiger charge is -2.34. The minimum absolute atomic E-state index is 0.0959. The van der Waals surface area contributed by atoms with Crippen LogP contribution in [-0.4, -0.2) is 33.6 Å². The van der Waals surface area contributed by atoms with Crippen molar-refractivity contribution in [3.05, 3.63) is 22.1 Å². The zero-order valence-electron chi connectivity index (χ0n) is 18.0. The number of carbonyl (C=O) groups excluding carboxylic acids is 3. The van der Waals surface area contributed by atoms with Crippen LogP contribution < -0.4 is 11.1 Å². The first-order valence-corrected chi connectivity index (χ1v) is 9.92. The van der Waals surface area contributed by atoms with Gasteiger partial charge in [0.25, 0.3) is 0 Å². The highest BCUT2D eigenvalue weighted by molar-refractivity contribution is 8.14. The number of aryl methyl sites for hydroxylation is 1. The van der Waals surface area contributed by atoms with Gasteiger partial charge in [-0.2, -0.15) is 0 Å². The molecule has 10 heteroatoms. The Morgan fingerprint density at radius 2 is 1.69 bits per heavy atom. The molecule has 0 saturated carbocycles. The predicted molar refractivity (Wildman–Crippen MR) is 106 cm³/mol. The molecule has 0 fully saturated rings. The molecule has 0 radical (unpaired) electrons. The number of amides is 1. The molecule has 0 aromatic carbocycles. The molecule has 0 saturated heterocycles. The third-order valence-electron chi connectivity index (χ3n) is 3.65. The van der Waals surface area contributed by atoms with Gasteiger partial charge in [-0.25, -0.2) is 14.4 Å². The fourth-order valence-electron chi connectivity index (χ4n) is 2.12. The van der Waals surface area contributed by atoms with Crippen LogP contribution in [0, 0.1) is 12.8 Å². The number of rotatable bonds is 7. The zero-order chi connectivity index (χ0) is 22.6. The van der Waals surface area contributed by atoms with Crippen molar-refractivity contribution in [1.29, 1.82) is 0 Å². The Labute approximate surface area is 173 Å². The maximum absolute atomic E-state index is 12.7. The lowest BCUT2D eigenvalue weighted by molar-refractivity contribution is -0.159. The molecule has 1 heterocycles. The third kappa shape index (κ3) is 7.96. The Hall–Kier alpha value is -2.23. The van der Waals surface area contributed by atoms with Crippen molar-refractivity contribution in [3.63, 3.8) is 0 Å². The lowest BCUT2D eigenvalue weighted by Crippen LogP contribution is -2.55. The minimum Gasteiger partial charge on any atom is -0.458 e. The number of carbonyl (C=O) groups is 3. The van der Waals surface area contributed by atoms with Gasteiger partial charge in [0, 0.05) is 5.92 Å². The summed E-state index contributed by atoms with van der Waals surface area (Å²) in [6, 6.07) is -1.09. The van der Waals surface area contributed by atoms with Crippen LogP contribution in [-0.2, 0) is 25.7 Å². The average molecular weight is 432 g/mol. The smallest absolute Gasteiger partial charge is 0.458 e. The van der Waals surface area contributed by atoms with Crippen molar-refractivity contribution in [2.24, 2.45) is 5.92 Å². The van der Waals surface area contributed by atoms with Crippen LogP contribution >= 0.6 is 11.8 Å². The number of hydrogen-bond acceptors (Lipinski definition) is 9. The van der Waals surface area contributed by atoms with Gasteiger partial charge in [-0.1, -0.05) is 13.8 Å². The van der Waals surface area contributed by atoms with Gasteiger partial charge in [-0.05, 0) is 53.3 Å². The van der Waals surface area contributed by atoms with E-state index >= 15 is 0 Å². The molecule has 29 heavy (non-hydrogen) atoms. The highest BCUT2D eigenvalue weighted by Crippen LogP contribution is 2.32. The summed E-state index contributed by atoms with van der Waals surface area (Å²) in [6.45, 7) is 13.0. The summed E-state index contributed by atoms with van der Waals surface area (Å²) in [4.78, 5) is 48.3. The van der Waals surface area contributed by atoms with Crippen LogP contribution in [0.5, 0.6) is 0 Å². The number of nitrogens with one attached hydrogen (secondary N) is 1. The van der Waals surface area contributed by atoms with Gasteiger partial charge in [-0.15, -0.1) is 0 Å². The maximum atomic E-state index is 12.7. The standard InChI is InChI=1S/C19H29NO8S/c1-10(2)14(21)20-13(15(22)28-18(4,5)6)19(7,8)29-17(24)25-9-12-11(3)26-16(23)27-12/h10,13H,9H2,1-8H3,(H,20,21)/t13-/m0/s1. The van der Waals surface area contributed by atoms with Gasteiger partial charge >= 0.3 is 17.1 Å². The second-order valence-corrected chi connectivity index (χ2v) is 9.90. The van der Waals surface area contributed by atoms with E-state index in [0.29, 0.717) is 0 Å². The molecular formula is C19H29NO8S. The Morgan fingerprint density at radius 3 is 2.14 bits per heavy atom. The molecule has 1 aromatic heterocycles. The van der Waals surface area contributed by atoms with Crippen molar-refractivity contribution in [3.8, 4) is 0 Å². The van der Waals surface area contributed by atoms with Crippen molar-refractivity contribution in [1.82, 2.24) is 5.32 Å². The van der Waals surface area contributed by atoms with Crippen LogP contribution in [0.15, 0.2) is 13.6 Å². The van der Waals surface area contributed by atoms with Gasteiger partial charge in [0.2, 0.25) is 5.91 Å². The monoisotopic (exact) mass is 431 g/mol. The van der Waals surface area contributed by atoms with E-state index < -0.39 is 33.5 Å². The molecule has 164 valence electrons. The number of esters is 1. The third-order valence-corrected chi connectivity index (χ3v) is 4.70. The molecular weight excluding hydrogens is 402 g/mol. The van der Waals surface area contributed by atoms with E-state index in [1.54, 1.807) is 48.5 Å². The average Bonchev–Trinajstić information content (AvgIpc) is 2.85. The normalized spacial score (nSPS) is 13.1. The van der Waals surface area contributed by atoms with Crippen LogP contribution in [0.3, 0.4) is 0 Å². The quantitative estimate of drug-likeness (QED) is 0.648. The topological polar surface area (TPSA) is 125 Å². The van der Waals surface area contributed by atoms with E-state index in [1.165, 1.54) is 6.92 Å². The summed E-state index contributed by atoms with van der Waals surface area (Å²) in [5.41, 5.74) is -0.768. The molecule has 1 aromatic rings. The maximum Gasteiger partial charge on any atom is 0.519 e. The molecule has 0 aliphatic carbocycles. The molecule has 0 aliphatic rings. The zero-order valence-corrected chi connectivity index (χ0v) is 18.9. The second kappa shape index (κ2) is 9.51. The summed E-state index contributed by atoms with van der Waals surface area (Å²) in [5, 5.41) is 1.94. The molecule has 0 unspecified atom stereocenters. The predicted octanol–water partition coefficient (Wildman–Crippen LogP) is 3.17. The summed E-state index contributed by atoms with van der Waals surface area (Å²) >= 11 is 0.723. The Bertz CT molecular complexity index is 800. The van der Waals surface area contributed by atoms with Gasteiger partial charge in [0.15, 0.2) is 18.1 Å². The van der Waals surface area contributed by atoms with Gasteiger partial charge < -0.3 is 23.6 Å². The van der Waals surface area contributed by atoms with Crippen molar-refractivity contribution < 1.29 is 32.7 Å². The highest BCUT2D eigenvalue weighted by atomic mass is 32.2. The molecule has 0 bridgehead atoms. The molecule has 9 nitrogen and oxygen atoms in total. The van der Waals surface area contributed by atoms with Gasteiger partial charge in [-0.3, -0.25) is 4.79 Å². The highest BCUT2D eigenvalue weighted by Gasteiger charge is 2.42. The summed E-state index contributed by atoms with van der Waals surface area (Å²) < 4.78 is 18.9. The first-order chi connectivity index (χ1) is 13.1. The lowest BCUT2D eigenvalue weighted by atomic mass is 10.0. The first-order valence-electron chi connectivity index (χ1n) is 9.11. The SMILES string of the molecule is Cc1oc(=O)oc1COC(=O)SC(C)(C)[C@@H](NC(=O)C(C)C)C(=O)OC(C)(C)C. The Morgan fingerprint density at radius 1 is 1.10 bits per heavy atom. The van der Waals surface area contributed by atoms with Crippen LogP contribution in [0.1, 0.15) is 60.0 Å². The van der Waals surface area contributed by atoms with E-state index in [-0.39, 0.29) is 30.0 Å². The van der Waals surface area contributed by atoms with E-state index in [4.69, 9.17) is 18.3 Å². The van der Waals surface area contributed by atoms with Crippen LogP contribution in [0.2, 0.25) is 0 Å². The van der Waals surface area contributed by atoms with Gasteiger partial charge in [0.05, 0.1) is 4.75 Å². The van der Waals surface area contributed by atoms with E-state index in [2.05, 4.69) is 5.32 Å². The number of hydrogen-bond donors (Lipinski definition) is 1. The fourth-order valence-corrected chi connectivity index (χ4v) is 2.94. The summed E-state index contributed by atoms with van der Waals surface area (Å²) in [7, 11) is 0. The van der Waals surface area contributed by atoms with Crippen LogP contribution in [0.4, 0.5) is 4.79 Å². The molecule has 1 rings (SSSR count). The van der Waals surface area contributed by atoms with Gasteiger partial charge in [0.1, 0.15) is 11.6 Å². The first kappa shape index (κ1) is 24.8. The van der Waals surface area contributed by atoms with Crippen molar-refractivity contribution in [2.45, 2.75) is 78.4 Å². The summed E-state index contributed by atoms with van der Waals surface area (Å²) in [5.74, 6) is -1.95. The van der Waals surface area contributed by atoms with E-state index in [0.717, 1.165) is 11.8 Å². The number of thioether (sulfide) groups is 1. The van der Waals surface area contributed by atoms with E-state index in [9.17, 15) is 19.2 Å². The van der Waals surface area contributed by atoms with Crippen molar-refractivity contribution >= 4 is 28.9 Å². The van der Waals surface area contributed by atoms with E-state index in [1.807, 2.05) is 0 Å². The largest absolute Gasteiger partial charge is 0.519 e. The number of ether oxygens (including phenoxy) is 2.